The molecule has 0 atom stereocenters. The van der Waals surface area contributed by atoms with Crippen molar-refractivity contribution in [3.63, 3.8) is 0 Å². The summed E-state index contributed by atoms with van der Waals surface area (Å²) in [7, 11) is 1.81. The summed E-state index contributed by atoms with van der Waals surface area (Å²) in [6.45, 7) is 4.58. The number of nitrogens with zero attached hydrogens (tertiary/aromatic N) is 4. The zero-order valence-corrected chi connectivity index (χ0v) is 11.8. The first-order valence-electron chi connectivity index (χ1n) is 5.98. The lowest BCUT2D eigenvalue weighted by Crippen LogP contribution is -2.25. The minimum Gasteiger partial charge on any atom is -0.350 e. The van der Waals surface area contributed by atoms with E-state index < -0.39 is 0 Å². The highest BCUT2D eigenvalue weighted by atomic mass is 35.5. The Morgan fingerprint density at radius 3 is 2.68 bits per heavy atom. The molecule has 0 saturated heterocycles. The fraction of sp³-hybridized carbons (Fsp3) is 0.417. The van der Waals surface area contributed by atoms with Gasteiger partial charge in [0.25, 0.3) is 5.56 Å². The molecule has 0 fully saturated rings. The molecule has 2 aromatic rings. The van der Waals surface area contributed by atoms with Gasteiger partial charge in [0.05, 0.1) is 23.8 Å². The summed E-state index contributed by atoms with van der Waals surface area (Å²) in [5, 5.41) is 11.3. The van der Waals surface area contributed by atoms with E-state index in [-0.39, 0.29) is 10.6 Å². The highest BCUT2D eigenvalue weighted by molar-refractivity contribution is 6.33. The van der Waals surface area contributed by atoms with Gasteiger partial charge in [-0.1, -0.05) is 25.4 Å². The van der Waals surface area contributed by atoms with Crippen LogP contribution in [0.2, 0.25) is 5.02 Å². The number of hydrogen-bond donors (Lipinski definition) is 1. The number of halogens is 1. The molecule has 0 amide bonds. The van der Waals surface area contributed by atoms with Gasteiger partial charge in [0.15, 0.2) is 0 Å². The SMILES string of the molecule is CC(C)Cn1ncc(Nc2cnn(C)c2)c(Cl)c1=O. The van der Waals surface area contributed by atoms with Crippen LogP contribution in [0, 0.1) is 5.92 Å². The Bertz CT molecular complexity index is 631. The minimum absolute atomic E-state index is 0.138. The van der Waals surface area contributed by atoms with E-state index >= 15 is 0 Å². The molecule has 1 N–H and O–H groups in total. The molecule has 0 bridgehead atoms. The maximum atomic E-state index is 12.0. The zero-order valence-electron chi connectivity index (χ0n) is 11.1. The second-order valence-electron chi connectivity index (χ2n) is 4.78. The Kier molecular flexibility index (Phi) is 3.90. The Labute approximate surface area is 116 Å². The number of nitrogens with one attached hydrogen (secondary N) is 1. The molecule has 6 nitrogen and oxygen atoms in total. The number of hydrogen-bond acceptors (Lipinski definition) is 4. The summed E-state index contributed by atoms with van der Waals surface area (Å²) < 4.78 is 3.03. The van der Waals surface area contributed by atoms with Crippen LogP contribution in [0.5, 0.6) is 0 Å². The van der Waals surface area contributed by atoms with Crippen LogP contribution in [-0.2, 0) is 13.6 Å². The molecule has 0 aliphatic carbocycles. The van der Waals surface area contributed by atoms with Gasteiger partial charge in [0.2, 0.25) is 0 Å². The molecular formula is C12H16ClN5O. The normalized spacial score (nSPS) is 11.0. The Balaban J connectivity index is 2.28. The van der Waals surface area contributed by atoms with Gasteiger partial charge in [-0.2, -0.15) is 10.2 Å². The molecular weight excluding hydrogens is 266 g/mol. The van der Waals surface area contributed by atoms with Crippen molar-refractivity contribution in [2.75, 3.05) is 5.32 Å². The minimum atomic E-state index is -0.288. The van der Waals surface area contributed by atoms with Crippen molar-refractivity contribution >= 4 is 23.0 Å². The summed E-state index contributed by atoms with van der Waals surface area (Å²) in [4.78, 5) is 12.0. The Hall–Kier alpha value is -1.82. The molecule has 7 heteroatoms. The highest BCUT2D eigenvalue weighted by Gasteiger charge is 2.10. The maximum Gasteiger partial charge on any atom is 0.287 e. The summed E-state index contributed by atoms with van der Waals surface area (Å²) in [6.07, 6.45) is 4.99. The third kappa shape index (κ3) is 3.14. The molecule has 2 aromatic heterocycles. The van der Waals surface area contributed by atoms with Gasteiger partial charge >= 0.3 is 0 Å². The summed E-state index contributed by atoms with van der Waals surface area (Å²) >= 11 is 6.08. The van der Waals surface area contributed by atoms with Gasteiger partial charge in [-0.05, 0) is 5.92 Å². The van der Waals surface area contributed by atoms with Crippen LogP contribution >= 0.6 is 11.6 Å². The molecule has 19 heavy (non-hydrogen) atoms. The van der Waals surface area contributed by atoms with Crippen LogP contribution in [0.25, 0.3) is 0 Å². The second kappa shape index (κ2) is 5.44. The lowest BCUT2D eigenvalue weighted by atomic mass is 10.2. The Morgan fingerprint density at radius 2 is 2.11 bits per heavy atom. The van der Waals surface area contributed by atoms with Crippen LogP contribution in [0.1, 0.15) is 13.8 Å². The van der Waals surface area contributed by atoms with E-state index in [0.717, 1.165) is 5.69 Å². The molecule has 0 unspecified atom stereocenters. The summed E-state index contributed by atoms with van der Waals surface area (Å²) in [6, 6.07) is 0. The van der Waals surface area contributed by atoms with Gasteiger partial charge < -0.3 is 5.32 Å². The van der Waals surface area contributed by atoms with Crippen molar-refractivity contribution in [3.8, 4) is 0 Å². The number of aryl methyl sites for hydroxylation is 1. The fourth-order valence-electron chi connectivity index (χ4n) is 1.67. The smallest absolute Gasteiger partial charge is 0.287 e. The van der Waals surface area contributed by atoms with E-state index in [1.165, 1.54) is 4.68 Å². The zero-order chi connectivity index (χ0) is 14.0. The number of aromatic nitrogens is 4. The van der Waals surface area contributed by atoms with Gasteiger partial charge in [-0.3, -0.25) is 9.48 Å². The molecule has 0 saturated carbocycles. The van der Waals surface area contributed by atoms with Crippen LogP contribution in [0.15, 0.2) is 23.4 Å². The molecule has 0 spiro atoms. The monoisotopic (exact) mass is 281 g/mol. The average molecular weight is 282 g/mol. The van der Waals surface area contributed by atoms with E-state index in [2.05, 4.69) is 15.5 Å². The molecule has 0 aliphatic rings. The Morgan fingerprint density at radius 1 is 1.37 bits per heavy atom. The number of anilines is 2. The van der Waals surface area contributed by atoms with Crippen LogP contribution in [0.4, 0.5) is 11.4 Å². The van der Waals surface area contributed by atoms with Crippen molar-refractivity contribution < 1.29 is 0 Å². The first kappa shape index (κ1) is 13.6. The molecule has 0 aliphatic heterocycles. The van der Waals surface area contributed by atoms with Crippen LogP contribution in [-0.4, -0.2) is 19.6 Å². The van der Waals surface area contributed by atoms with E-state index in [1.807, 2.05) is 20.9 Å². The molecule has 0 aromatic carbocycles. The van der Waals surface area contributed by atoms with E-state index in [9.17, 15) is 4.79 Å². The predicted molar refractivity (Wildman–Crippen MR) is 74.8 cm³/mol. The lowest BCUT2D eigenvalue weighted by molar-refractivity contribution is 0.464. The van der Waals surface area contributed by atoms with Crippen molar-refractivity contribution in [1.82, 2.24) is 19.6 Å². The largest absolute Gasteiger partial charge is 0.350 e. The molecule has 102 valence electrons. The first-order valence-corrected chi connectivity index (χ1v) is 6.36. The van der Waals surface area contributed by atoms with E-state index in [4.69, 9.17) is 11.6 Å². The predicted octanol–water partition coefficient (Wildman–Crippen LogP) is 2.03. The lowest BCUT2D eigenvalue weighted by Gasteiger charge is -2.10. The van der Waals surface area contributed by atoms with Crippen molar-refractivity contribution in [1.29, 1.82) is 0 Å². The topological polar surface area (TPSA) is 64.7 Å². The second-order valence-corrected chi connectivity index (χ2v) is 5.16. The van der Waals surface area contributed by atoms with Crippen molar-refractivity contribution in [2.45, 2.75) is 20.4 Å². The van der Waals surface area contributed by atoms with Gasteiger partial charge in [-0.25, -0.2) is 4.68 Å². The molecule has 2 heterocycles. The maximum absolute atomic E-state index is 12.0. The standard InChI is InChI=1S/C12H16ClN5O/c1-8(2)6-18-12(19)11(13)10(5-15-18)16-9-4-14-17(3)7-9/h4-5,7-8,16H,6H2,1-3H3. The van der Waals surface area contributed by atoms with Gasteiger partial charge in [-0.15, -0.1) is 0 Å². The van der Waals surface area contributed by atoms with Crippen molar-refractivity contribution in [2.24, 2.45) is 13.0 Å². The summed E-state index contributed by atoms with van der Waals surface area (Å²) in [5.74, 6) is 0.332. The highest BCUT2D eigenvalue weighted by Crippen LogP contribution is 2.20. The number of rotatable bonds is 4. The van der Waals surface area contributed by atoms with Crippen molar-refractivity contribution in [3.05, 3.63) is 34.0 Å². The molecule has 2 rings (SSSR count). The van der Waals surface area contributed by atoms with Crippen LogP contribution < -0.4 is 10.9 Å². The van der Waals surface area contributed by atoms with Crippen LogP contribution in [0.3, 0.4) is 0 Å². The molecule has 0 radical (unpaired) electrons. The quantitative estimate of drug-likeness (QED) is 0.931. The van der Waals surface area contributed by atoms with Gasteiger partial charge in [0, 0.05) is 19.8 Å². The van der Waals surface area contributed by atoms with Gasteiger partial charge in [0.1, 0.15) is 5.02 Å². The summed E-state index contributed by atoms with van der Waals surface area (Å²) in [5.41, 5.74) is 0.955. The third-order valence-corrected chi connectivity index (χ3v) is 2.87. The third-order valence-electron chi connectivity index (χ3n) is 2.51. The van der Waals surface area contributed by atoms with E-state index in [0.29, 0.717) is 18.2 Å². The first-order chi connectivity index (χ1) is 8.97. The average Bonchev–Trinajstić information content (AvgIpc) is 2.74. The fourth-order valence-corrected chi connectivity index (χ4v) is 1.86. The van der Waals surface area contributed by atoms with E-state index in [1.54, 1.807) is 23.3 Å².